The molecule has 3 heteroatoms. The van der Waals surface area contributed by atoms with Gasteiger partial charge >= 0.3 is 0 Å². The highest BCUT2D eigenvalue weighted by atomic mass is 32.2. The number of rotatable bonds is 4. The van der Waals surface area contributed by atoms with E-state index in [1.807, 2.05) is 23.9 Å². The molecule has 1 aliphatic heterocycles. The van der Waals surface area contributed by atoms with Gasteiger partial charge in [-0.1, -0.05) is 12.1 Å². The number of benzene rings is 1. The average molecular weight is 223 g/mol. The number of nitrogens with one attached hydrogen (secondary N) is 1. The Kier molecular flexibility index (Phi) is 4.06. The number of hydrogen-bond donors (Lipinski definition) is 2. The molecule has 2 N–H and O–H groups in total. The molecule has 1 aromatic carbocycles. The Morgan fingerprint density at radius 3 is 2.73 bits per heavy atom. The second-order valence-corrected chi connectivity index (χ2v) is 5.00. The fourth-order valence-corrected chi connectivity index (χ4v) is 2.79. The van der Waals surface area contributed by atoms with Gasteiger partial charge in [-0.15, -0.1) is 11.8 Å². The minimum Gasteiger partial charge on any atom is -0.392 e. The predicted octanol–water partition coefficient (Wildman–Crippen LogP) is 2.02. The molecule has 1 unspecified atom stereocenters. The summed E-state index contributed by atoms with van der Waals surface area (Å²) < 4.78 is 0. The second kappa shape index (κ2) is 5.54. The zero-order valence-corrected chi connectivity index (χ0v) is 9.59. The minimum atomic E-state index is 0.134. The first-order valence-electron chi connectivity index (χ1n) is 5.44. The van der Waals surface area contributed by atoms with Crippen molar-refractivity contribution in [3.63, 3.8) is 0 Å². The lowest BCUT2D eigenvalue weighted by Crippen LogP contribution is -2.23. The molecule has 1 saturated heterocycles. The third kappa shape index (κ3) is 3.23. The van der Waals surface area contributed by atoms with Crippen LogP contribution in [0.15, 0.2) is 29.2 Å². The summed E-state index contributed by atoms with van der Waals surface area (Å²) in [4.78, 5) is 1.29. The quantitative estimate of drug-likeness (QED) is 0.766. The van der Waals surface area contributed by atoms with Crippen LogP contribution < -0.4 is 5.32 Å². The molecule has 1 aromatic rings. The normalized spacial score (nSPS) is 20.7. The van der Waals surface area contributed by atoms with Crippen LogP contribution in [0.4, 0.5) is 0 Å². The van der Waals surface area contributed by atoms with Crippen molar-refractivity contribution in [3.8, 4) is 0 Å². The van der Waals surface area contributed by atoms with Crippen LogP contribution in [0.5, 0.6) is 0 Å². The van der Waals surface area contributed by atoms with E-state index in [-0.39, 0.29) is 6.61 Å². The second-order valence-electron chi connectivity index (χ2n) is 3.91. The van der Waals surface area contributed by atoms with Gasteiger partial charge in [0.25, 0.3) is 0 Å². The lowest BCUT2D eigenvalue weighted by Gasteiger charge is -2.09. The zero-order valence-electron chi connectivity index (χ0n) is 8.78. The van der Waals surface area contributed by atoms with Gasteiger partial charge in [0.1, 0.15) is 0 Å². The van der Waals surface area contributed by atoms with Gasteiger partial charge in [0.15, 0.2) is 0 Å². The molecule has 2 nitrogen and oxygen atoms in total. The molecule has 2 rings (SSSR count). The van der Waals surface area contributed by atoms with Crippen molar-refractivity contribution in [1.82, 2.24) is 5.32 Å². The van der Waals surface area contributed by atoms with E-state index >= 15 is 0 Å². The summed E-state index contributed by atoms with van der Waals surface area (Å²) in [7, 11) is 0. The SMILES string of the molecule is OCc1ccc(SCC2CCCN2)cc1. The van der Waals surface area contributed by atoms with Crippen molar-refractivity contribution < 1.29 is 5.11 Å². The van der Waals surface area contributed by atoms with E-state index in [1.54, 1.807) is 0 Å². The summed E-state index contributed by atoms with van der Waals surface area (Å²) in [6.45, 7) is 1.31. The van der Waals surface area contributed by atoms with Gasteiger partial charge in [0.2, 0.25) is 0 Å². The molecule has 0 spiro atoms. The van der Waals surface area contributed by atoms with Crippen molar-refractivity contribution in [3.05, 3.63) is 29.8 Å². The van der Waals surface area contributed by atoms with Crippen LogP contribution in [0, 0.1) is 0 Å². The van der Waals surface area contributed by atoms with Gasteiger partial charge in [0, 0.05) is 16.7 Å². The molecule has 15 heavy (non-hydrogen) atoms. The Hall–Kier alpha value is -0.510. The topological polar surface area (TPSA) is 32.3 Å². The largest absolute Gasteiger partial charge is 0.392 e. The van der Waals surface area contributed by atoms with Crippen LogP contribution in [0.1, 0.15) is 18.4 Å². The maximum atomic E-state index is 8.91. The monoisotopic (exact) mass is 223 g/mol. The number of hydrogen-bond acceptors (Lipinski definition) is 3. The Morgan fingerprint density at radius 1 is 1.33 bits per heavy atom. The lowest BCUT2D eigenvalue weighted by atomic mass is 10.2. The van der Waals surface area contributed by atoms with Crippen molar-refractivity contribution in [2.75, 3.05) is 12.3 Å². The van der Waals surface area contributed by atoms with Gasteiger partial charge in [-0.25, -0.2) is 0 Å². The summed E-state index contributed by atoms with van der Waals surface area (Å²) in [6, 6.07) is 8.85. The Bertz CT molecular complexity index is 293. The van der Waals surface area contributed by atoms with Crippen LogP contribution >= 0.6 is 11.8 Å². The summed E-state index contributed by atoms with van der Waals surface area (Å²) in [5.41, 5.74) is 0.985. The molecule has 0 saturated carbocycles. The van der Waals surface area contributed by atoms with Gasteiger partial charge in [-0.2, -0.15) is 0 Å². The van der Waals surface area contributed by atoms with E-state index < -0.39 is 0 Å². The smallest absolute Gasteiger partial charge is 0.0681 e. The molecule has 1 fully saturated rings. The zero-order chi connectivity index (χ0) is 10.5. The molecular formula is C12H17NOS. The van der Waals surface area contributed by atoms with E-state index in [2.05, 4.69) is 17.4 Å². The highest BCUT2D eigenvalue weighted by Gasteiger charge is 2.13. The molecule has 1 atom stereocenters. The Labute approximate surface area is 95.1 Å². The summed E-state index contributed by atoms with van der Waals surface area (Å²) >= 11 is 1.89. The standard InChI is InChI=1S/C12H17NOS/c14-8-10-3-5-12(6-4-10)15-9-11-2-1-7-13-11/h3-6,11,13-14H,1-2,7-9H2. The van der Waals surface area contributed by atoms with Crippen LogP contribution in [0.3, 0.4) is 0 Å². The van der Waals surface area contributed by atoms with Crippen molar-refractivity contribution in [2.24, 2.45) is 0 Å². The first kappa shape index (κ1) is 11.0. The number of thioether (sulfide) groups is 1. The van der Waals surface area contributed by atoms with E-state index in [4.69, 9.17) is 5.11 Å². The maximum Gasteiger partial charge on any atom is 0.0681 e. The molecule has 0 radical (unpaired) electrons. The maximum absolute atomic E-state index is 8.91. The molecule has 0 aliphatic carbocycles. The number of aliphatic hydroxyl groups is 1. The van der Waals surface area contributed by atoms with Crippen LogP contribution in [0.25, 0.3) is 0 Å². The van der Waals surface area contributed by atoms with Crippen molar-refractivity contribution in [2.45, 2.75) is 30.4 Å². The van der Waals surface area contributed by atoms with E-state index in [9.17, 15) is 0 Å². The summed E-state index contributed by atoms with van der Waals surface area (Å²) in [6.07, 6.45) is 2.62. The van der Waals surface area contributed by atoms with Crippen molar-refractivity contribution >= 4 is 11.8 Å². The molecule has 0 aromatic heterocycles. The molecule has 1 aliphatic rings. The van der Waals surface area contributed by atoms with Crippen molar-refractivity contribution in [1.29, 1.82) is 0 Å². The fourth-order valence-electron chi connectivity index (χ4n) is 1.79. The van der Waals surface area contributed by atoms with Gasteiger partial charge < -0.3 is 10.4 Å². The molecule has 0 amide bonds. The average Bonchev–Trinajstić information content (AvgIpc) is 2.80. The van der Waals surface area contributed by atoms with Crippen LogP contribution in [0.2, 0.25) is 0 Å². The van der Waals surface area contributed by atoms with Gasteiger partial charge in [-0.05, 0) is 37.1 Å². The molecule has 82 valence electrons. The fraction of sp³-hybridized carbons (Fsp3) is 0.500. The van der Waals surface area contributed by atoms with Gasteiger partial charge in [0.05, 0.1) is 6.61 Å². The number of aliphatic hydroxyl groups excluding tert-OH is 1. The molecule has 1 heterocycles. The van der Waals surface area contributed by atoms with E-state index in [0.717, 1.165) is 11.3 Å². The van der Waals surface area contributed by atoms with Gasteiger partial charge in [-0.3, -0.25) is 0 Å². The molecule has 0 bridgehead atoms. The third-order valence-corrected chi connectivity index (χ3v) is 3.89. The summed E-state index contributed by atoms with van der Waals surface area (Å²) in [5, 5.41) is 12.4. The van der Waals surface area contributed by atoms with Crippen LogP contribution in [-0.4, -0.2) is 23.4 Å². The van der Waals surface area contributed by atoms with Crippen LogP contribution in [-0.2, 0) is 6.61 Å². The Morgan fingerprint density at radius 2 is 2.13 bits per heavy atom. The lowest BCUT2D eigenvalue weighted by molar-refractivity contribution is 0.282. The third-order valence-electron chi connectivity index (χ3n) is 2.72. The highest BCUT2D eigenvalue weighted by Crippen LogP contribution is 2.21. The highest BCUT2D eigenvalue weighted by molar-refractivity contribution is 7.99. The Balaban J connectivity index is 1.82. The summed E-state index contributed by atoms with van der Waals surface area (Å²) in [5.74, 6) is 1.15. The van der Waals surface area contributed by atoms with E-state index in [1.165, 1.54) is 24.3 Å². The minimum absolute atomic E-state index is 0.134. The first-order chi connectivity index (χ1) is 7.38. The molecular weight excluding hydrogens is 206 g/mol. The predicted molar refractivity (Wildman–Crippen MR) is 64.1 cm³/mol. The first-order valence-corrected chi connectivity index (χ1v) is 6.43. The van der Waals surface area contributed by atoms with E-state index in [0.29, 0.717) is 6.04 Å².